The summed E-state index contributed by atoms with van der Waals surface area (Å²) in [7, 11) is 0. The van der Waals surface area contributed by atoms with E-state index < -0.39 is 5.79 Å². The maximum atomic E-state index is 11.0. The van der Waals surface area contributed by atoms with E-state index in [0.29, 0.717) is 19.6 Å². The van der Waals surface area contributed by atoms with Crippen LogP contribution in [0.4, 0.5) is 0 Å². The number of esters is 1. The predicted octanol–water partition coefficient (Wildman–Crippen LogP) is 2.90. The molecule has 1 aliphatic heterocycles. The molecule has 0 saturated carbocycles. The Labute approximate surface area is 105 Å². The normalized spacial score (nSPS) is 21.6. The second-order valence-electron chi connectivity index (χ2n) is 4.59. The van der Waals surface area contributed by atoms with Crippen LogP contribution < -0.4 is 0 Å². The molecule has 0 aromatic heterocycles. The third-order valence-corrected chi connectivity index (χ3v) is 1.95. The van der Waals surface area contributed by atoms with Crippen molar-refractivity contribution in [2.75, 3.05) is 13.2 Å². The summed E-state index contributed by atoms with van der Waals surface area (Å²) in [4.78, 5) is 11.0. The Kier molecular flexibility index (Phi) is 8.17. The van der Waals surface area contributed by atoms with Crippen molar-refractivity contribution in [3.8, 4) is 0 Å². The van der Waals surface area contributed by atoms with Crippen molar-refractivity contribution >= 4 is 5.97 Å². The zero-order chi connectivity index (χ0) is 13.3. The molecule has 0 aromatic rings. The molecule has 1 fully saturated rings. The molecule has 1 rings (SSSR count). The number of hydrogen-bond acceptors (Lipinski definition) is 4. The lowest BCUT2D eigenvalue weighted by Gasteiger charge is -2.16. The van der Waals surface area contributed by atoms with Crippen LogP contribution >= 0.6 is 0 Å². The minimum Gasteiger partial charge on any atom is -0.463 e. The van der Waals surface area contributed by atoms with Gasteiger partial charge in [0.05, 0.1) is 6.61 Å². The third kappa shape index (κ3) is 8.16. The Morgan fingerprint density at radius 2 is 1.94 bits per heavy atom. The fourth-order valence-electron chi connectivity index (χ4n) is 1.31. The third-order valence-electron chi connectivity index (χ3n) is 1.95. The van der Waals surface area contributed by atoms with Gasteiger partial charge in [-0.25, -0.2) is 0 Å². The van der Waals surface area contributed by atoms with Gasteiger partial charge in [-0.05, 0) is 20.3 Å². The molecule has 0 radical (unpaired) electrons. The van der Waals surface area contributed by atoms with Crippen LogP contribution in [-0.2, 0) is 19.0 Å². The molecule has 17 heavy (non-hydrogen) atoms. The quantitative estimate of drug-likeness (QED) is 0.715. The molecule has 4 nitrogen and oxygen atoms in total. The lowest BCUT2D eigenvalue weighted by molar-refractivity contribution is -0.158. The summed E-state index contributed by atoms with van der Waals surface area (Å²) in [5, 5.41) is 0. The van der Waals surface area contributed by atoms with Gasteiger partial charge in [-0.2, -0.15) is 0 Å². The first-order valence-electron chi connectivity index (χ1n) is 6.42. The van der Waals surface area contributed by atoms with Crippen LogP contribution in [0.2, 0.25) is 0 Å². The zero-order valence-electron chi connectivity index (χ0n) is 11.7. The molecule has 1 unspecified atom stereocenters. The maximum absolute atomic E-state index is 11.0. The van der Waals surface area contributed by atoms with E-state index in [1.54, 1.807) is 0 Å². The molecule has 1 atom stereocenters. The van der Waals surface area contributed by atoms with Gasteiger partial charge in [0.15, 0.2) is 5.79 Å². The SMILES string of the molecule is CCC.CCCC(=O)OCC1COC(C)(C)O1. The Morgan fingerprint density at radius 3 is 2.35 bits per heavy atom. The monoisotopic (exact) mass is 246 g/mol. The molecule has 1 saturated heterocycles. The van der Waals surface area contributed by atoms with Gasteiger partial charge in [0.1, 0.15) is 12.7 Å². The van der Waals surface area contributed by atoms with Crippen molar-refractivity contribution in [2.45, 2.75) is 65.8 Å². The molecular weight excluding hydrogens is 220 g/mol. The van der Waals surface area contributed by atoms with E-state index in [2.05, 4.69) is 13.8 Å². The smallest absolute Gasteiger partial charge is 0.305 e. The fraction of sp³-hybridized carbons (Fsp3) is 0.923. The Morgan fingerprint density at radius 1 is 1.35 bits per heavy atom. The number of carbonyl (C=O) groups is 1. The number of ether oxygens (including phenoxy) is 3. The molecule has 102 valence electrons. The van der Waals surface area contributed by atoms with Gasteiger partial charge < -0.3 is 14.2 Å². The summed E-state index contributed by atoms with van der Waals surface area (Å²) >= 11 is 0. The number of carbonyl (C=O) groups excluding carboxylic acids is 1. The van der Waals surface area contributed by atoms with E-state index in [9.17, 15) is 4.79 Å². The van der Waals surface area contributed by atoms with Gasteiger partial charge in [-0.1, -0.05) is 27.2 Å². The van der Waals surface area contributed by atoms with Crippen LogP contribution in [0.15, 0.2) is 0 Å². The summed E-state index contributed by atoms with van der Waals surface area (Å²) in [6.45, 7) is 10.7. The van der Waals surface area contributed by atoms with E-state index in [-0.39, 0.29) is 12.1 Å². The summed E-state index contributed by atoms with van der Waals surface area (Å²) < 4.78 is 15.8. The lowest BCUT2D eigenvalue weighted by Crippen LogP contribution is -2.25. The maximum Gasteiger partial charge on any atom is 0.305 e. The number of rotatable bonds is 4. The van der Waals surface area contributed by atoms with E-state index in [1.807, 2.05) is 20.8 Å². The van der Waals surface area contributed by atoms with Gasteiger partial charge in [-0.15, -0.1) is 0 Å². The second kappa shape index (κ2) is 8.48. The van der Waals surface area contributed by atoms with E-state index in [4.69, 9.17) is 14.2 Å². The molecule has 0 N–H and O–H groups in total. The molecule has 1 heterocycles. The van der Waals surface area contributed by atoms with Crippen molar-refractivity contribution in [2.24, 2.45) is 0 Å². The van der Waals surface area contributed by atoms with E-state index >= 15 is 0 Å². The molecule has 0 amide bonds. The van der Waals surface area contributed by atoms with Gasteiger partial charge in [0.25, 0.3) is 0 Å². The van der Waals surface area contributed by atoms with E-state index in [0.717, 1.165) is 6.42 Å². The van der Waals surface area contributed by atoms with Crippen LogP contribution in [0.3, 0.4) is 0 Å². The molecular formula is C13H26O4. The highest BCUT2D eigenvalue weighted by molar-refractivity contribution is 5.69. The Hall–Kier alpha value is -0.610. The fourth-order valence-corrected chi connectivity index (χ4v) is 1.31. The van der Waals surface area contributed by atoms with Crippen LogP contribution in [0, 0.1) is 0 Å². The highest BCUT2D eigenvalue weighted by Crippen LogP contribution is 2.22. The standard InChI is InChI=1S/C10H18O4.C3H8/c1-4-5-9(11)12-6-8-7-13-10(2,3)14-8;1-3-2/h8H,4-7H2,1-3H3;3H2,1-2H3. The van der Waals surface area contributed by atoms with Crippen LogP contribution in [0.5, 0.6) is 0 Å². The Bertz CT molecular complexity index is 213. The molecule has 0 spiro atoms. The highest BCUT2D eigenvalue weighted by Gasteiger charge is 2.33. The summed E-state index contributed by atoms with van der Waals surface area (Å²) in [6.07, 6.45) is 2.41. The van der Waals surface area contributed by atoms with Gasteiger partial charge in [0, 0.05) is 6.42 Å². The first-order valence-corrected chi connectivity index (χ1v) is 6.42. The summed E-state index contributed by atoms with van der Waals surface area (Å²) in [6, 6.07) is 0. The van der Waals surface area contributed by atoms with Crippen LogP contribution in [-0.4, -0.2) is 31.1 Å². The highest BCUT2D eigenvalue weighted by atomic mass is 16.7. The predicted molar refractivity (Wildman–Crippen MR) is 66.7 cm³/mol. The van der Waals surface area contributed by atoms with E-state index in [1.165, 1.54) is 6.42 Å². The molecule has 4 heteroatoms. The topological polar surface area (TPSA) is 44.8 Å². The van der Waals surface area contributed by atoms with Crippen LogP contribution in [0.1, 0.15) is 53.9 Å². The first-order chi connectivity index (χ1) is 7.95. The number of hydrogen-bond donors (Lipinski definition) is 0. The van der Waals surface area contributed by atoms with Crippen molar-refractivity contribution in [1.82, 2.24) is 0 Å². The van der Waals surface area contributed by atoms with Crippen LogP contribution in [0.25, 0.3) is 0 Å². The largest absolute Gasteiger partial charge is 0.463 e. The van der Waals surface area contributed by atoms with Crippen molar-refractivity contribution in [1.29, 1.82) is 0 Å². The van der Waals surface area contributed by atoms with Gasteiger partial charge in [0.2, 0.25) is 0 Å². The summed E-state index contributed by atoms with van der Waals surface area (Å²) in [5.74, 6) is -0.706. The zero-order valence-corrected chi connectivity index (χ0v) is 11.7. The Balaban J connectivity index is 0.000000770. The molecule has 0 aromatic carbocycles. The van der Waals surface area contributed by atoms with Gasteiger partial charge in [-0.3, -0.25) is 4.79 Å². The summed E-state index contributed by atoms with van der Waals surface area (Å²) in [5.41, 5.74) is 0. The molecule has 0 bridgehead atoms. The average molecular weight is 246 g/mol. The molecule has 1 aliphatic rings. The van der Waals surface area contributed by atoms with Crippen molar-refractivity contribution < 1.29 is 19.0 Å². The van der Waals surface area contributed by atoms with Crippen molar-refractivity contribution in [3.05, 3.63) is 0 Å². The first kappa shape index (κ1) is 16.4. The molecule has 0 aliphatic carbocycles. The second-order valence-corrected chi connectivity index (χ2v) is 4.59. The average Bonchev–Trinajstić information content (AvgIpc) is 2.57. The van der Waals surface area contributed by atoms with Gasteiger partial charge >= 0.3 is 5.97 Å². The lowest BCUT2D eigenvalue weighted by atomic mass is 10.3. The minimum atomic E-state index is -0.540. The van der Waals surface area contributed by atoms with Crippen molar-refractivity contribution in [3.63, 3.8) is 0 Å². The minimum absolute atomic E-state index is 0.120.